The first-order chi connectivity index (χ1) is 11.6. The Morgan fingerprint density at radius 1 is 1.12 bits per heavy atom. The number of hydrogen-bond donors (Lipinski definition) is 1. The number of halogens is 1. The second kappa shape index (κ2) is 6.02. The van der Waals surface area contributed by atoms with E-state index in [0.29, 0.717) is 30.5 Å². The number of carbonyl (C=O) groups is 1. The molecule has 4 rings (SSSR count). The monoisotopic (exact) mass is 390 g/mol. The lowest BCUT2D eigenvalue weighted by molar-refractivity contribution is -0.137. The van der Waals surface area contributed by atoms with Crippen LogP contribution in [0.4, 0.5) is 0 Å². The number of benzene rings is 2. The summed E-state index contributed by atoms with van der Waals surface area (Å²) in [7, 11) is 0. The molecular weight excluding hydrogens is 376 g/mol. The van der Waals surface area contributed by atoms with E-state index in [0.717, 1.165) is 15.6 Å². The van der Waals surface area contributed by atoms with E-state index >= 15 is 0 Å². The number of carboxylic acids is 1. The molecule has 0 saturated carbocycles. The average Bonchev–Trinajstić information content (AvgIpc) is 2.93. The highest BCUT2D eigenvalue weighted by Crippen LogP contribution is 2.46. The number of rotatable bonds is 3. The Hall–Kier alpha value is -2.21. The zero-order chi connectivity index (χ0) is 16.7. The van der Waals surface area contributed by atoms with Gasteiger partial charge in [0.1, 0.15) is 12.4 Å². The lowest BCUT2D eigenvalue weighted by atomic mass is 9.97. The minimum atomic E-state index is -0.832. The van der Waals surface area contributed by atoms with Crippen LogP contribution in [0.1, 0.15) is 29.6 Å². The van der Waals surface area contributed by atoms with Crippen molar-refractivity contribution in [2.75, 3.05) is 13.2 Å². The summed E-state index contributed by atoms with van der Waals surface area (Å²) in [5.41, 5.74) is 1.90. The Morgan fingerprint density at radius 2 is 1.96 bits per heavy atom. The van der Waals surface area contributed by atoms with Gasteiger partial charge in [0.15, 0.2) is 17.6 Å². The smallest absolute Gasteiger partial charge is 0.304 e. The van der Waals surface area contributed by atoms with Crippen molar-refractivity contribution in [1.29, 1.82) is 0 Å². The summed E-state index contributed by atoms with van der Waals surface area (Å²) in [5.74, 6) is 0.968. The summed E-state index contributed by atoms with van der Waals surface area (Å²) < 4.78 is 18.6. The van der Waals surface area contributed by atoms with Gasteiger partial charge in [-0.3, -0.25) is 4.79 Å². The molecule has 1 N–H and O–H groups in total. The van der Waals surface area contributed by atoms with Crippen LogP contribution >= 0.6 is 15.9 Å². The lowest BCUT2D eigenvalue weighted by Crippen LogP contribution is -2.21. The largest absolute Gasteiger partial charge is 0.492 e. The number of hydrogen-bond acceptors (Lipinski definition) is 4. The zero-order valence-corrected chi connectivity index (χ0v) is 14.3. The fourth-order valence-corrected chi connectivity index (χ4v) is 3.51. The summed E-state index contributed by atoms with van der Waals surface area (Å²) in [5, 5.41) is 9.01. The molecule has 2 atom stereocenters. The van der Waals surface area contributed by atoms with Crippen LogP contribution in [0.15, 0.2) is 40.9 Å². The fraction of sp³-hybridized carbons (Fsp3) is 0.278. The van der Waals surface area contributed by atoms with Gasteiger partial charge in [0, 0.05) is 22.0 Å². The first kappa shape index (κ1) is 15.3. The van der Waals surface area contributed by atoms with E-state index in [1.807, 2.05) is 30.3 Å². The van der Waals surface area contributed by atoms with Gasteiger partial charge in [-0.2, -0.15) is 0 Å². The fourth-order valence-electron chi connectivity index (χ4n) is 3.09. The van der Waals surface area contributed by atoms with Gasteiger partial charge in [0.2, 0.25) is 0 Å². The van der Waals surface area contributed by atoms with Gasteiger partial charge in [-0.15, -0.1) is 0 Å². The maximum absolute atomic E-state index is 11.0. The second-order valence-electron chi connectivity index (χ2n) is 5.92. The van der Waals surface area contributed by atoms with Crippen LogP contribution in [-0.2, 0) is 4.79 Å². The molecule has 0 saturated heterocycles. The van der Waals surface area contributed by atoms with Gasteiger partial charge in [0.25, 0.3) is 0 Å². The van der Waals surface area contributed by atoms with Crippen LogP contribution in [0, 0.1) is 0 Å². The van der Waals surface area contributed by atoms with Crippen LogP contribution in [0.3, 0.4) is 0 Å². The number of aliphatic carboxylic acids is 1. The van der Waals surface area contributed by atoms with Crippen LogP contribution in [-0.4, -0.2) is 24.3 Å². The van der Waals surface area contributed by atoms with E-state index in [9.17, 15) is 4.79 Å². The van der Waals surface area contributed by atoms with Crippen molar-refractivity contribution >= 4 is 21.9 Å². The summed E-state index contributed by atoms with van der Waals surface area (Å²) in [6, 6.07) is 11.6. The first-order valence-electron chi connectivity index (χ1n) is 7.67. The van der Waals surface area contributed by atoms with E-state index in [-0.39, 0.29) is 18.4 Å². The lowest BCUT2D eigenvalue weighted by Gasteiger charge is -2.27. The quantitative estimate of drug-likeness (QED) is 0.860. The highest BCUT2D eigenvalue weighted by Gasteiger charge is 2.31. The molecule has 2 aromatic carbocycles. The number of fused-ring (bicyclic) bond motifs is 2. The molecule has 0 radical (unpaired) electrons. The molecule has 0 amide bonds. The van der Waals surface area contributed by atoms with Gasteiger partial charge in [-0.25, -0.2) is 0 Å². The van der Waals surface area contributed by atoms with Gasteiger partial charge >= 0.3 is 5.97 Å². The molecule has 5 nitrogen and oxygen atoms in total. The van der Waals surface area contributed by atoms with Crippen LogP contribution in [0.2, 0.25) is 0 Å². The molecule has 2 aliphatic rings. The van der Waals surface area contributed by atoms with Gasteiger partial charge < -0.3 is 19.3 Å². The van der Waals surface area contributed by atoms with Crippen molar-refractivity contribution in [3.05, 3.63) is 52.0 Å². The van der Waals surface area contributed by atoms with E-state index in [1.54, 1.807) is 6.07 Å². The zero-order valence-electron chi connectivity index (χ0n) is 12.7. The number of ether oxygens (including phenoxy) is 3. The van der Waals surface area contributed by atoms with Gasteiger partial charge in [0.05, 0.1) is 13.0 Å². The second-order valence-corrected chi connectivity index (χ2v) is 6.83. The van der Waals surface area contributed by atoms with Crippen molar-refractivity contribution in [1.82, 2.24) is 0 Å². The van der Waals surface area contributed by atoms with Gasteiger partial charge in [-0.1, -0.05) is 28.1 Å². The normalized spacial score (nSPS) is 21.0. The maximum Gasteiger partial charge on any atom is 0.304 e. The molecule has 6 heteroatoms. The molecule has 0 aliphatic carbocycles. The Labute approximate surface area is 147 Å². The summed E-state index contributed by atoms with van der Waals surface area (Å²) in [6.07, 6.45) is -0.142. The molecule has 0 unspecified atom stereocenters. The van der Waals surface area contributed by atoms with Crippen molar-refractivity contribution in [3.8, 4) is 17.2 Å². The Kier molecular flexibility index (Phi) is 3.84. The Bertz CT molecular complexity index is 804. The summed E-state index contributed by atoms with van der Waals surface area (Å²) in [6.45, 7) is 0.784. The molecule has 2 aromatic rings. The third-order valence-electron chi connectivity index (χ3n) is 4.26. The average molecular weight is 391 g/mol. The highest BCUT2D eigenvalue weighted by atomic mass is 79.9. The minimum absolute atomic E-state index is 0.0489. The molecule has 0 spiro atoms. The highest BCUT2D eigenvalue weighted by molar-refractivity contribution is 9.10. The topological polar surface area (TPSA) is 65.0 Å². The van der Waals surface area contributed by atoms with Gasteiger partial charge in [-0.05, 0) is 23.8 Å². The number of carboxylic acid groups (broad SMARTS) is 1. The van der Waals surface area contributed by atoms with E-state index < -0.39 is 5.97 Å². The van der Waals surface area contributed by atoms with Crippen molar-refractivity contribution < 1.29 is 24.1 Å². The summed E-state index contributed by atoms with van der Waals surface area (Å²) in [4.78, 5) is 11.0. The van der Waals surface area contributed by atoms with Crippen LogP contribution < -0.4 is 14.2 Å². The molecule has 0 aromatic heterocycles. The van der Waals surface area contributed by atoms with E-state index in [2.05, 4.69) is 15.9 Å². The molecule has 2 aliphatic heterocycles. The maximum atomic E-state index is 11.0. The van der Waals surface area contributed by atoms with Crippen molar-refractivity contribution in [3.63, 3.8) is 0 Å². The van der Waals surface area contributed by atoms with Crippen LogP contribution in [0.25, 0.3) is 0 Å². The molecule has 0 bridgehead atoms. The van der Waals surface area contributed by atoms with Crippen molar-refractivity contribution in [2.45, 2.75) is 18.4 Å². The molecule has 24 heavy (non-hydrogen) atoms. The molecular formula is C18H15BrO5. The van der Waals surface area contributed by atoms with E-state index in [1.165, 1.54) is 0 Å². The third-order valence-corrected chi connectivity index (χ3v) is 4.75. The SMILES string of the molecule is O=C(O)C[C@@H]1COc2cc3c(cc21)OC[C@@H](c1cccc(Br)c1)O3. The predicted octanol–water partition coefficient (Wildman–Crippen LogP) is 3.91. The molecule has 2 heterocycles. The standard InChI is InChI=1S/C18H15BrO5/c19-12-3-1-2-10(4-12)17-9-23-15-6-13-11(5-18(20)21)8-22-14(13)7-16(15)24-17/h1-4,6-7,11,17H,5,8-9H2,(H,20,21)/t11-,17+/m1/s1. The third kappa shape index (κ3) is 2.82. The Morgan fingerprint density at radius 3 is 2.75 bits per heavy atom. The molecule has 124 valence electrons. The first-order valence-corrected chi connectivity index (χ1v) is 8.47. The summed E-state index contributed by atoms with van der Waals surface area (Å²) >= 11 is 3.46. The predicted molar refractivity (Wildman–Crippen MR) is 89.9 cm³/mol. The van der Waals surface area contributed by atoms with E-state index in [4.69, 9.17) is 19.3 Å². The Balaban J connectivity index is 1.61. The molecule has 0 fully saturated rings. The minimum Gasteiger partial charge on any atom is -0.492 e. The van der Waals surface area contributed by atoms with Crippen LogP contribution in [0.5, 0.6) is 17.2 Å². The van der Waals surface area contributed by atoms with Crippen molar-refractivity contribution in [2.24, 2.45) is 0 Å².